The van der Waals surface area contributed by atoms with Gasteiger partial charge in [-0.15, -0.1) is 0 Å². The number of anilines is 1. The summed E-state index contributed by atoms with van der Waals surface area (Å²) >= 11 is 0. The minimum atomic E-state index is -0.502. The number of carbonyl (C=O) groups excluding carboxylic acids is 2. The summed E-state index contributed by atoms with van der Waals surface area (Å²) in [5.41, 5.74) is 2.08. The van der Waals surface area contributed by atoms with Crippen molar-refractivity contribution in [1.29, 1.82) is 5.26 Å². The van der Waals surface area contributed by atoms with E-state index in [0.717, 1.165) is 5.56 Å². The van der Waals surface area contributed by atoms with Crippen molar-refractivity contribution in [3.05, 3.63) is 59.2 Å². The number of carbonyl (C=O) groups is 2. The Hall–Kier alpha value is -3.79. The van der Waals surface area contributed by atoms with Gasteiger partial charge in [0.05, 0.1) is 7.11 Å². The zero-order chi connectivity index (χ0) is 21.2. The molecule has 2 amide bonds. The topological polar surface area (TPSA) is 100 Å². The second-order valence-corrected chi connectivity index (χ2v) is 6.09. The summed E-state index contributed by atoms with van der Waals surface area (Å²) in [5, 5.41) is 14.8. The summed E-state index contributed by atoms with van der Waals surface area (Å²) in [5.74, 6) is 0.0360. The molecule has 7 nitrogen and oxygen atoms in total. The maximum absolute atomic E-state index is 12.5. The molecule has 0 heterocycles. The minimum Gasteiger partial charge on any atom is -0.493 e. The summed E-state index contributed by atoms with van der Waals surface area (Å²) in [6.07, 6.45) is 1.46. The second-order valence-electron chi connectivity index (χ2n) is 6.09. The fourth-order valence-electron chi connectivity index (χ4n) is 2.50. The normalized spacial score (nSPS) is 10.6. The number of nitriles is 1. The van der Waals surface area contributed by atoms with Gasteiger partial charge < -0.3 is 20.1 Å². The number of amides is 2. The smallest absolute Gasteiger partial charge is 0.266 e. The molecule has 2 N–H and O–H groups in total. The van der Waals surface area contributed by atoms with Crippen molar-refractivity contribution < 1.29 is 19.1 Å². The highest BCUT2D eigenvalue weighted by atomic mass is 16.5. The zero-order valence-electron chi connectivity index (χ0n) is 16.6. The van der Waals surface area contributed by atoms with Crippen molar-refractivity contribution in [2.75, 3.05) is 25.6 Å². The average molecular weight is 393 g/mol. The molecule has 0 aliphatic rings. The number of hydrogen-bond acceptors (Lipinski definition) is 5. The maximum Gasteiger partial charge on any atom is 0.266 e. The third-order valence-electron chi connectivity index (χ3n) is 3.99. The van der Waals surface area contributed by atoms with Gasteiger partial charge >= 0.3 is 0 Å². The summed E-state index contributed by atoms with van der Waals surface area (Å²) < 4.78 is 10.8. The Morgan fingerprint density at radius 2 is 1.93 bits per heavy atom. The van der Waals surface area contributed by atoms with Crippen LogP contribution in [0.2, 0.25) is 0 Å². The molecular weight excluding hydrogens is 370 g/mol. The van der Waals surface area contributed by atoms with E-state index in [1.165, 1.54) is 13.2 Å². The number of ether oxygens (including phenoxy) is 2. The highest BCUT2D eigenvalue weighted by Crippen LogP contribution is 2.29. The summed E-state index contributed by atoms with van der Waals surface area (Å²) in [6, 6.07) is 14.2. The van der Waals surface area contributed by atoms with Gasteiger partial charge in [0.15, 0.2) is 18.1 Å². The van der Waals surface area contributed by atoms with E-state index in [2.05, 4.69) is 10.6 Å². The summed E-state index contributed by atoms with van der Waals surface area (Å²) in [6.45, 7) is 4.07. The van der Waals surface area contributed by atoms with Crippen LogP contribution in [0.1, 0.15) is 18.1 Å². The number of benzene rings is 2. The molecule has 0 aromatic heterocycles. The molecule has 0 bridgehead atoms. The van der Waals surface area contributed by atoms with Gasteiger partial charge in [0, 0.05) is 12.2 Å². The van der Waals surface area contributed by atoms with Gasteiger partial charge in [0.2, 0.25) is 0 Å². The van der Waals surface area contributed by atoms with Crippen molar-refractivity contribution in [2.45, 2.75) is 13.8 Å². The number of aryl methyl sites for hydroxylation is 1. The average Bonchev–Trinajstić information content (AvgIpc) is 2.72. The lowest BCUT2D eigenvalue weighted by atomic mass is 10.1. The first-order chi connectivity index (χ1) is 14.0. The van der Waals surface area contributed by atoms with E-state index in [1.807, 2.05) is 38.1 Å². The lowest BCUT2D eigenvalue weighted by Gasteiger charge is -2.11. The fraction of sp³-hybridized carbons (Fsp3) is 0.227. The van der Waals surface area contributed by atoms with Crippen LogP contribution in [0.3, 0.4) is 0 Å². The molecular formula is C22H23N3O4. The van der Waals surface area contributed by atoms with E-state index in [0.29, 0.717) is 29.3 Å². The lowest BCUT2D eigenvalue weighted by molar-refractivity contribution is -0.123. The highest BCUT2D eigenvalue weighted by molar-refractivity contribution is 6.10. The van der Waals surface area contributed by atoms with E-state index in [9.17, 15) is 14.9 Å². The number of hydrogen-bond donors (Lipinski definition) is 2. The quantitative estimate of drug-likeness (QED) is 0.530. The molecule has 0 saturated heterocycles. The molecule has 2 aromatic carbocycles. The second kappa shape index (κ2) is 10.5. The Labute approximate surface area is 169 Å². The van der Waals surface area contributed by atoms with Gasteiger partial charge in [-0.05, 0) is 49.2 Å². The highest BCUT2D eigenvalue weighted by Gasteiger charge is 2.12. The van der Waals surface area contributed by atoms with Crippen LogP contribution < -0.4 is 20.1 Å². The van der Waals surface area contributed by atoms with Crippen molar-refractivity contribution in [3.8, 4) is 17.6 Å². The molecule has 7 heteroatoms. The van der Waals surface area contributed by atoms with E-state index in [4.69, 9.17) is 9.47 Å². The maximum atomic E-state index is 12.5. The predicted molar refractivity (Wildman–Crippen MR) is 111 cm³/mol. The van der Waals surface area contributed by atoms with Crippen LogP contribution in [0.5, 0.6) is 11.5 Å². The molecule has 2 aromatic rings. The number of likely N-dealkylation sites (N-methyl/N-ethyl adjacent to an activating group) is 1. The first kappa shape index (κ1) is 21.5. The molecule has 0 fully saturated rings. The molecule has 0 spiro atoms. The van der Waals surface area contributed by atoms with Crippen LogP contribution >= 0.6 is 0 Å². The van der Waals surface area contributed by atoms with Gasteiger partial charge in [-0.2, -0.15) is 5.26 Å². The van der Waals surface area contributed by atoms with Crippen LogP contribution in [-0.2, 0) is 9.59 Å². The van der Waals surface area contributed by atoms with Crippen LogP contribution in [0.4, 0.5) is 5.69 Å². The lowest BCUT2D eigenvalue weighted by Crippen LogP contribution is -2.28. The summed E-state index contributed by atoms with van der Waals surface area (Å²) in [4.78, 5) is 24.0. The minimum absolute atomic E-state index is 0.0497. The Bertz CT molecular complexity index is 961. The first-order valence-corrected chi connectivity index (χ1v) is 9.04. The van der Waals surface area contributed by atoms with Crippen LogP contribution in [0.25, 0.3) is 6.08 Å². The predicted octanol–water partition coefficient (Wildman–Crippen LogP) is 3.06. The summed E-state index contributed by atoms with van der Waals surface area (Å²) in [7, 11) is 1.47. The van der Waals surface area contributed by atoms with Crippen LogP contribution in [0, 0.1) is 18.3 Å². The fourth-order valence-corrected chi connectivity index (χ4v) is 2.50. The Morgan fingerprint density at radius 1 is 1.17 bits per heavy atom. The standard InChI is InChI=1S/C22H23N3O4/c1-4-24-21(26)14-29-19-10-9-16(12-20(19)28-3)11-17(13-23)22(27)25-18-8-6-5-7-15(18)2/h5-12H,4,14H2,1-3H3,(H,24,26)(H,25,27)/b17-11+. The van der Waals surface area contributed by atoms with E-state index in [1.54, 1.807) is 24.3 Å². The van der Waals surface area contributed by atoms with Gasteiger partial charge in [0.1, 0.15) is 11.6 Å². The van der Waals surface area contributed by atoms with Gasteiger partial charge in [0.25, 0.3) is 11.8 Å². The monoisotopic (exact) mass is 393 g/mol. The number of nitrogens with zero attached hydrogens (tertiary/aromatic N) is 1. The Kier molecular flexibility index (Phi) is 7.80. The number of methoxy groups -OCH3 is 1. The SMILES string of the molecule is CCNC(=O)COc1ccc(/C=C(\C#N)C(=O)Nc2ccccc2C)cc1OC. The molecule has 2 rings (SSSR count). The van der Waals surface area contributed by atoms with Crippen molar-refractivity contribution in [1.82, 2.24) is 5.32 Å². The molecule has 0 radical (unpaired) electrons. The van der Waals surface area contributed by atoms with Gasteiger partial charge in [-0.25, -0.2) is 0 Å². The number of rotatable bonds is 8. The van der Waals surface area contributed by atoms with Gasteiger partial charge in [-0.1, -0.05) is 24.3 Å². The number of para-hydroxylation sites is 1. The van der Waals surface area contributed by atoms with E-state index >= 15 is 0 Å². The molecule has 0 saturated carbocycles. The van der Waals surface area contributed by atoms with Crippen molar-refractivity contribution in [3.63, 3.8) is 0 Å². The molecule has 150 valence electrons. The third kappa shape index (κ3) is 6.11. The van der Waals surface area contributed by atoms with E-state index < -0.39 is 5.91 Å². The molecule has 0 unspecified atom stereocenters. The Balaban J connectivity index is 2.18. The van der Waals surface area contributed by atoms with Gasteiger partial charge in [-0.3, -0.25) is 9.59 Å². The van der Waals surface area contributed by atoms with E-state index in [-0.39, 0.29) is 18.1 Å². The van der Waals surface area contributed by atoms with Crippen LogP contribution in [-0.4, -0.2) is 32.1 Å². The van der Waals surface area contributed by atoms with Crippen LogP contribution in [0.15, 0.2) is 48.0 Å². The third-order valence-corrected chi connectivity index (χ3v) is 3.99. The first-order valence-electron chi connectivity index (χ1n) is 9.04. The largest absolute Gasteiger partial charge is 0.493 e. The van der Waals surface area contributed by atoms with Crippen molar-refractivity contribution >= 4 is 23.6 Å². The zero-order valence-corrected chi connectivity index (χ0v) is 16.6. The number of nitrogens with one attached hydrogen (secondary N) is 2. The Morgan fingerprint density at radius 3 is 2.59 bits per heavy atom. The molecule has 29 heavy (non-hydrogen) atoms. The molecule has 0 aliphatic carbocycles. The van der Waals surface area contributed by atoms with Crippen molar-refractivity contribution in [2.24, 2.45) is 0 Å². The molecule has 0 aliphatic heterocycles. The molecule has 0 atom stereocenters.